The average molecular weight is 430 g/mol. The van der Waals surface area contributed by atoms with Gasteiger partial charge >= 0.3 is 0 Å². The van der Waals surface area contributed by atoms with Crippen molar-refractivity contribution >= 4 is 0 Å². The van der Waals surface area contributed by atoms with Crippen LogP contribution in [0.2, 0.25) is 0 Å². The summed E-state index contributed by atoms with van der Waals surface area (Å²) in [6.07, 6.45) is 4.41. The highest BCUT2D eigenvalue weighted by Crippen LogP contribution is 2.41. The number of benzene rings is 2. The van der Waals surface area contributed by atoms with Gasteiger partial charge in [-0.15, -0.1) is 0 Å². The Balaban J connectivity index is 0.000000807. The van der Waals surface area contributed by atoms with Crippen molar-refractivity contribution in [2.24, 2.45) is 0 Å². The van der Waals surface area contributed by atoms with Crippen molar-refractivity contribution in [1.29, 1.82) is 0 Å². The van der Waals surface area contributed by atoms with Crippen molar-refractivity contribution in [3.63, 3.8) is 0 Å². The maximum atomic E-state index is 14.3. The molecular formula is C27H40FNO2. The predicted molar refractivity (Wildman–Crippen MR) is 128 cm³/mol. The van der Waals surface area contributed by atoms with Gasteiger partial charge in [0.05, 0.1) is 12.6 Å². The Morgan fingerprint density at radius 3 is 2.16 bits per heavy atom. The second-order valence-corrected chi connectivity index (χ2v) is 8.21. The first-order chi connectivity index (χ1) is 14.9. The lowest BCUT2D eigenvalue weighted by molar-refractivity contribution is 0.184. The van der Waals surface area contributed by atoms with E-state index < -0.39 is 5.67 Å². The summed E-state index contributed by atoms with van der Waals surface area (Å²) in [5.41, 5.74) is 2.35. The van der Waals surface area contributed by atoms with E-state index in [-0.39, 0.29) is 6.04 Å². The molecule has 1 unspecified atom stereocenters. The van der Waals surface area contributed by atoms with E-state index in [4.69, 9.17) is 4.74 Å². The molecule has 0 bridgehead atoms. The van der Waals surface area contributed by atoms with Gasteiger partial charge in [0.2, 0.25) is 0 Å². The van der Waals surface area contributed by atoms with Crippen molar-refractivity contribution in [1.82, 2.24) is 4.90 Å². The number of hydrogen-bond acceptors (Lipinski definition) is 3. The molecule has 2 heterocycles. The normalized spacial score (nSPS) is 16.7. The highest BCUT2D eigenvalue weighted by molar-refractivity contribution is 5.51. The van der Waals surface area contributed by atoms with E-state index in [1.54, 1.807) is 13.8 Å². The first-order valence-electron chi connectivity index (χ1n) is 12.0. The van der Waals surface area contributed by atoms with Gasteiger partial charge in [-0.1, -0.05) is 58.4 Å². The second kappa shape index (κ2) is 11.5. The Morgan fingerprint density at radius 2 is 1.58 bits per heavy atom. The molecule has 1 N–H and O–H groups in total. The van der Waals surface area contributed by atoms with Gasteiger partial charge in [0, 0.05) is 17.5 Å². The summed E-state index contributed by atoms with van der Waals surface area (Å²) >= 11 is 0. The summed E-state index contributed by atoms with van der Waals surface area (Å²) in [6, 6.07) is 11.6. The number of piperidine rings is 1. The van der Waals surface area contributed by atoms with Crippen molar-refractivity contribution < 1.29 is 14.2 Å². The Kier molecular flexibility index (Phi) is 9.36. The van der Waals surface area contributed by atoms with Gasteiger partial charge in [0.25, 0.3) is 0 Å². The average Bonchev–Trinajstić information content (AvgIpc) is 3.24. The zero-order valence-electron chi connectivity index (χ0n) is 20.2. The predicted octanol–water partition coefficient (Wildman–Crippen LogP) is 7.16. The van der Waals surface area contributed by atoms with Gasteiger partial charge < -0.3 is 9.84 Å². The number of hydrogen-bond donors (Lipinski definition) is 1. The molecule has 4 rings (SSSR count). The van der Waals surface area contributed by atoms with Crippen molar-refractivity contribution in [3.8, 4) is 11.5 Å². The van der Waals surface area contributed by atoms with Crippen LogP contribution >= 0.6 is 0 Å². The van der Waals surface area contributed by atoms with Crippen LogP contribution in [0.4, 0.5) is 4.39 Å². The minimum absolute atomic E-state index is 0.0448. The molecule has 4 heteroatoms. The van der Waals surface area contributed by atoms with Crippen LogP contribution in [0.3, 0.4) is 0 Å². The molecule has 1 fully saturated rings. The summed E-state index contributed by atoms with van der Waals surface area (Å²) in [5.74, 6) is 1.20. The summed E-state index contributed by atoms with van der Waals surface area (Å²) in [4.78, 5) is 2.43. The minimum Gasteiger partial charge on any atom is -0.508 e. The molecule has 1 atom stereocenters. The number of phenols is 1. The zero-order chi connectivity index (χ0) is 23.0. The molecule has 0 spiro atoms. The van der Waals surface area contributed by atoms with E-state index >= 15 is 0 Å². The molecule has 0 aromatic heterocycles. The number of rotatable bonds is 4. The molecule has 2 aliphatic heterocycles. The highest BCUT2D eigenvalue weighted by atomic mass is 19.1. The molecule has 31 heavy (non-hydrogen) atoms. The van der Waals surface area contributed by atoms with Gasteiger partial charge in [-0.3, -0.25) is 4.90 Å². The van der Waals surface area contributed by atoms with Gasteiger partial charge in [-0.05, 0) is 63.0 Å². The fourth-order valence-electron chi connectivity index (χ4n) is 4.27. The van der Waals surface area contributed by atoms with Crippen LogP contribution in [0.5, 0.6) is 11.5 Å². The monoisotopic (exact) mass is 429 g/mol. The topological polar surface area (TPSA) is 32.7 Å². The molecular weight excluding hydrogens is 389 g/mol. The third kappa shape index (κ3) is 6.00. The Bertz CT molecular complexity index is 805. The van der Waals surface area contributed by atoms with Crippen molar-refractivity contribution in [3.05, 3.63) is 58.7 Å². The highest BCUT2D eigenvalue weighted by Gasteiger charge is 2.29. The Morgan fingerprint density at radius 1 is 0.968 bits per heavy atom. The number of fused-ring (bicyclic) bond motifs is 1. The number of alkyl halides is 1. The number of likely N-dealkylation sites (tertiary alicyclic amines) is 1. The molecule has 1 saturated heterocycles. The van der Waals surface area contributed by atoms with E-state index in [9.17, 15) is 9.50 Å². The number of aromatic hydroxyl groups is 1. The number of ether oxygens (including phenoxy) is 1. The lowest BCUT2D eigenvalue weighted by Gasteiger charge is -2.36. The quantitative estimate of drug-likeness (QED) is 0.560. The molecule has 0 aliphatic carbocycles. The van der Waals surface area contributed by atoms with Crippen molar-refractivity contribution in [2.45, 2.75) is 78.9 Å². The molecule has 3 nitrogen and oxygen atoms in total. The van der Waals surface area contributed by atoms with Crippen LogP contribution in [0, 0.1) is 0 Å². The van der Waals surface area contributed by atoms with Gasteiger partial charge in [-0.25, -0.2) is 4.39 Å². The molecule has 2 aliphatic rings. The molecule has 0 radical (unpaired) electrons. The van der Waals surface area contributed by atoms with Crippen LogP contribution in [0.1, 0.15) is 89.1 Å². The lowest BCUT2D eigenvalue weighted by Crippen LogP contribution is -2.34. The molecule has 172 valence electrons. The number of phenolic OH excluding ortho intramolecular Hbond substituents is 1. The molecule has 2 aromatic carbocycles. The van der Waals surface area contributed by atoms with Crippen LogP contribution in [0.15, 0.2) is 36.4 Å². The maximum Gasteiger partial charge on any atom is 0.130 e. The van der Waals surface area contributed by atoms with Crippen LogP contribution in [-0.4, -0.2) is 29.7 Å². The summed E-state index contributed by atoms with van der Waals surface area (Å²) in [7, 11) is 0. The van der Waals surface area contributed by atoms with E-state index in [1.165, 1.54) is 6.42 Å². The lowest BCUT2D eigenvalue weighted by atomic mass is 9.91. The summed E-state index contributed by atoms with van der Waals surface area (Å²) in [6.45, 7) is 13.8. The standard InChI is InChI=1S/C23H28FNO2.2C2H6/c1-23(2,24)18-8-6-16(7-9-18)22(25-11-4-3-5-12-25)19-15-21-17(10-13-27-21)14-20(19)26;2*1-2/h6-9,14-15,22,26H,3-5,10-13H2,1-2H3;2*1-2H3. The molecule has 0 saturated carbocycles. The van der Waals surface area contributed by atoms with Gasteiger partial charge in [0.15, 0.2) is 0 Å². The second-order valence-electron chi connectivity index (χ2n) is 8.21. The van der Waals surface area contributed by atoms with E-state index in [1.807, 2.05) is 64.1 Å². The third-order valence-electron chi connectivity index (χ3n) is 5.80. The summed E-state index contributed by atoms with van der Waals surface area (Å²) < 4.78 is 20.0. The maximum absolute atomic E-state index is 14.3. The summed E-state index contributed by atoms with van der Waals surface area (Å²) in [5, 5.41) is 10.8. The third-order valence-corrected chi connectivity index (χ3v) is 5.80. The molecule has 2 aromatic rings. The Labute approximate surface area is 188 Å². The van der Waals surface area contributed by atoms with E-state index in [2.05, 4.69) is 4.90 Å². The van der Waals surface area contributed by atoms with E-state index in [0.717, 1.165) is 54.8 Å². The fourth-order valence-corrected chi connectivity index (χ4v) is 4.27. The number of halogens is 1. The van der Waals surface area contributed by atoms with Crippen LogP contribution < -0.4 is 4.74 Å². The van der Waals surface area contributed by atoms with Crippen molar-refractivity contribution in [2.75, 3.05) is 19.7 Å². The fraction of sp³-hybridized carbons (Fsp3) is 0.556. The van der Waals surface area contributed by atoms with E-state index in [0.29, 0.717) is 17.9 Å². The largest absolute Gasteiger partial charge is 0.508 e. The minimum atomic E-state index is -1.36. The number of nitrogens with zero attached hydrogens (tertiary/aromatic N) is 1. The smallest absolute Gasteiger partial charge is 0.130 e. The Hall–Kier alpha value is -2.07. The van der Waals surface area contributed by atoms with Gasteiger partial charge in [0.1, 0.15) is 17.2 Å². The van der Waals surface area contributed by atoms with Crippen LogP contribution in [-0.2, 0) is 12.1 Å². The first-order valence-corrected chi connectivity index (χ1v) is 12.0. The zero-order valence-corrected chi connectivity index (χ0v) is 20.2. The SMILES string of the molecule is CC.CC.CC(C)(F)c1ccc(C(c2cc3c(cc2O)CCO3)N2CCCCC2)cc1. The molecule has 0 amide bonds. The van der Waals surface area contributed by atoms with Crippen LogP contribution in [0.25, 0.3) is 0 Å². The first kappa shape index (κ1) is 25.2. The van der Waals surface area contributed by atoms with Gasteiger partial charge in [-0.2, -0.15) is 0 Å².